The Morgan fingerprint density at radius 3 is 2.67 bits per heavy atom. The Bertz CT molecular complexity index is 612. The monoisotopic (exact) mass is 283 g/mol. The molecule has 0 saturated heterocycles. The summed E-state index contributed by atoms with van der Waals surface area (Å²) in [5, 5.41) is 5.50. The lowest BCUT2D eigenvalue weighted by Crippen LogP contribution is -2.25. The molecule has 2 aromatic rings. The van der Waals surface area contributed by atoms with E-state index in [1.165, 1.54) is 24.6 Å². The third kappa shape index (κ3) is 3.54. The minimum Gasteiger partial charge on any atom is -0.461 e. The molecule has 0 atom stereocenters. The highest BCUT2D eigenvalue weighted by Gasteiger charge is 2.17. The third-order valence-corrected chi connectivity index (χ3v) is 4.06. The van der Waals surface area contributed by atoms with Crippen molar-refractivity contribution < 1.29 is 9.53 Å². The number of hydrogen-bond donors (Lipinski definition) is 1. The molecule has 3 nitrogen and oxygen atoms in total. The molecule has 1 N–H and O–H groups in total. The molecule has 3 heteroatoms. The van der Waals surface area contributed by atoms with Gasteiger partial charge in [-0.1, -0.05) is 42.8 Å². The van der Waals surface area contributed by atoms with E-state index >= 15 is 0 Å². The number of fused-ring (bicyclic) bond motifs is 1. The zero-order chi connectivity index (χ0) is 14.5. The van der Waals surface area contributed by atoms with Crippen LogP contribution in [-0.2, 0) is 9.53 Å². The van der Waals surface area contributed by atoms with Gasteiger partial charge < -0.3 is 10.1 Å². The molecular weight excluding hydrogens is 262 g/mol. The van der Waals surface area contributed by atoms with Crippen molar-refractivity contribution in [3.05, 3.63) is 42.5 Å². The molecule has 0 heterocycles. The van der Waals surface area contributed by atoms with Gasteiger partial charge in [0.2, 0.25) is 0 Å². The van der Waals surface area contributed by atoms with Crippen LogP contribution in [0.15, 0.2) is 42.5 Å². The number of esters is 1. The van der Waals surface area contributed by atoms with Gasteiger partial charge in [-0.15, -0.1) is 0 Å². The Kier molecular flexibility index (Phi) is 4.39. The first-order valence-corrected chi connectivity index (χ1v) is 7.74. The number of hydrogen-bond acceptors (Lipinski definition) is 3. The highest BCUT2D eigenvalue weighted by Crippen LogP contribution is 2.23. The molecule has 1 aliphatic rings. The van der Waals surface area contributed by atoms with Crippen LogP contribution < -0.4 is 5.32 Å². The lowest BCUT2D eigenvalue weighted by atomic mass is 9.98. The minimum atomic E-state index is -0.158. The molecule has 1 saturated carbocycles. The Balaban J connectivity index is 1.59. The normalized spacial score (nSPS) is 15.8. The maximum atomic E-state index is 11.9. The summed E-state index contributed by atoms with van der Waals surface area (Å²) in [7, 11) is 0. The highest BCUT2D eigenvalue weighted by atomic mass is 16.5. The van der Waals surface area contributed by atoms with Crippen molar-refractivity contribution in [2.24, 2.45) is 0 Å². The number of ether oxygens (including phenoxy) is 1. The minimum absolute atomic E-state index is 0.126. The zero-order valence-corrected chi connectivity index (χ0v) is 12.2. The van der Waals surface area contributed by atoms with Crippen LogP contribution in [0.1, 0.15) is 32.1 Å². The van der Waals surface area contributed by atoms with E-state index in [4.69, 9.17) is 4.74 Å². The van der Waals surface area contributed by atoms with Gasteiger partial charge in [0.05, 0.1) is 0 Å². The van der Waals surface area contributed by atoms with E-state index in [0.717, 1.165) is 23.9 Å². The molecular formula is C18H21NO2. The number of anilines is 1. The molecule has 1 aliphatic carbocycles. The largest absolute Gasteiger partial charge is 0.461 e. The Morgan fingerprint density at radius 1 is 1.05 bits per heavy atom. The average Bonchev–Trinajstić information content (AvgIpc) is 2.54. The van der Waals surface area contributed by atoms with E-state index in [9.17, 15) is 4.79 Å². The predicted octanol–water partition coefficient (Wildman–Crippen LogP) is 4.13. The van der Waals surface area contributed by atoms with Crippen LogP contribution in [-0.4, -0.2) is 18.6 Å². The van der Waals surface area contributed by atoms with Crippen LogP contribution in [0.4, 0.5) is 5.69 Å². The van der Waals surface area contributed by atoms with E-state index in [1.807, 2.05) is 24.3 Å². The standard InChI is InChI=1S/C18H21NO2/c20-18(21-15-9-2-1-3-10-15)13-19-17-12-6-8-14-7-4-5-11-16(14)17/h4-8,11-12,15,19H,1-3,9-10,13H2. The summed E-state index contributed by atoms with van der Waals surface area (Å²) in [6.07, 6.45) is 5.77. The molecule has 3 rings (SSSR count). The summed E-state index contributed by atoms with van der Waals surface area (Å²) in [5.74, 6) is -0.158. The summed E-state index contributed by atoms with van der Waals surface area (Å²) in [5.41, 5.74) is 0.980. The molecule has 110 valence electrons. The van der Waals surface area contributed by atoms with Crippen molar-refractivity contribution in [2.75, 3.05) is 11.9 Å². The van der Waals surface area contributed by atoms with Gasteiger partial charge in [-0.05, 0) is 37.1 Å². The second-order valence-electron chi connectivity index (χ2n) is 5.63. The Hall–Kier alpha value is -2.03. The summed E-state index contributed by atoms with van der Waals surface area (Å²) < 4.78 is 5.52. The van der Waals surface area contributed by atoms with Gasteiger partial charge in [0.15, 0.2) is 0 Å². The molecule has 0 bridgehead atoms. The second kappa shape index (κ2) is 6.61. The number of nitrogens with one attached hydrogen (secondary N) is 1. The van der Waals surface area contributed by atoms with Gasteiger partial charge >= 0.3 is 5.97 Å². The van der Waals surface area contributed by atoms with Crippen molar-refractivity contribution >= 4 is 22.4 Å². The zero-order valence-electron chi connectivity index (χ0n) is 12.2. The van der Waals surface area contributed by atoms with Crippen LogP contribution in [0.2, 0.25) is 0 Å². The number of carbonyl (C=O) groups excluding carboxylic acids is 1. The van der Waals surface area contributed by atoms with Crippen LogP contribution in [0.3, 0.4) is 0 Å². The van der Waals surface area contributed by atoms with Gasteiger partial charge in [-0.3, -0.25) is 4.79 Å². The van der Waals surface area contributed by atoms with Crippen LogP contribution in [0.5, 0.6) is 0 Å². The molecule has 0 unspecified atom stereocenters. The van der Waals surface area contributed by atoms with Crippen LogP contribution >= 0.6 is 0 Å². The van der Waals surface area contributed by atoms with Gasteiger partial charge in [0, 0.05) is 11.1 Å². The molecule has 0 aromatic heterocycles. The summed E-state index contributed by atoms with van der Waals surface area (Å²) in [4.78, 5) is 11.9. The van der Waals surface area contributed by atoms with Gasteiger partial charge in [0.1, 0.15) is 12.6 Å². The molecule has 0 radical (unpaired) electrons. The van der Waals surface area contributed by atoms with Crippen LogP contribution in [0.25, 0.3) is 10.8 Å². The first-order valence-electron chi connectivity index (χ1n) is 7.74. The molecule has 2 aromatic carbocycles. The quantitative estimate of drug-likeness (QED) is 0.857. The Morgan fingerprint density at radius 2 is 1.81 bits per heavy atom. The number of benzene rings is 2. The fourth-order valence-electron chi connectivity index (χ4n) is 2.96. The highest BCUT2D eigenvalue weighted by molar-refractivity contribution is 5.94. The molecule has 0 amide bonds. The van der Waals surface area contributed by atoms with E-state index < -0.39 is 0 Å². The number of carbonyl (C=O) groups is 1. The van der Waals surface area contributed by atoms with Crippen molar-refractivity contribution in [1.29, 1.82) is 0 Å². The predicted molar refractivity (Wildman–Crippen MR) is 85.4 cm³/mol. The molecule has 1 fully saturated rings. The van der Waals surface area contributed by atoms with E-state index in [-0.39, 0.29) is 18.6 Å². The summed E-state index contributed by atoms with van der Waals surface area (Å²) >= 11 is 0. The van der Waals surface area contributed by atoms with Gasteiger partial charge in [0.25, 0.3) is 0 Å². The first-order chi connectivity index (χ1) is 10.3. The van der Waals surface area contributed by atoms with Crippen LogP contribution in [0, 0.1) is 0 Å². The van der Waals surface area contributed by atoms with Crippen molar-refractivity contribution in [3.63, 3.8) is 0 Å². The van der Waals surface area contributed by atoms with Crippen molar-refractivity contribution in [2.45, 2.75) is 38.2 Å². The topological polar surface area (TPSA) is 38.3 Å². The van der Waals surface area contributed by atoms with E-state index in [1.54, 1.807) is 0 Å². The van der Waals surface area contributed by atoms with E-state index in [2.05, 4.69) is 23.5 Å². The van der Waals surface area contributed by atoms with Crippen molar-refractivity contribution in [1.82, 2.24) is 0 Å². The first kappa shape index (κ1) is 13.9. The second-order valence-corrected chi connectivity index (χ2v) is 5.63. The Labute approximate surface area is 125 Å². The summed E-state index contributed by atoms with van der Waals surface area (Å²) in [6, 6.07) is 14.2. The maximum absolute atomic E-state index is 11.9. The summed E-state index contributed by atoms with van der Waals surface area (Å²) in [6.45, 7) is 0.227. The van der Waals surface area contributed by atoms with Gasteiger partial charge in [-0.25, -0.2) is 0 Å². The van der Waals surface area contributed by atoms with Crippen molar-refractivity contribution in [3.8, 4) is 0 Å². The fraction of sp³-hybridized carbons (Fsp3) is 0.389. The average molecular weight is 283 g/mol. The van der Waals surface area contributed by atoms with E-state index in [0.29, 0.717) is 0 Å². The van der Waals surface area contributed by atoms with Gasteiger partial charge in [-0.2, -0.15) is 0 Å². The number of rotatable bonds is 4. The molecule has 21 heavy (non-hydrogen) atoms. The smallest absolute Gasteiger partial charge is 0.325 e. The lowest BCUT2D eigenvalue weighted by Gasteiger charge is -2.22. The third-order valence-electron chi connectivity index (χ3n) is 4.06. The lowest BCUT2D eigenvalue weighted by molar-refractivity contribution is -0.148. The molecule has 0 spiro atoms. The fourth-order valence-corrected chi connectivity index (χ4v) is 2.96. The molecule has 0 aliphatic heterocycles. The maximum Gasteiger partial charge on any atom is 0.325 e. The SMILES string of the molecule is O=C(CNc1cccc2ccccc12)OC1CCCCC1.